The minimum Gasteiger partial charge on any atom is -0.466 e. The molecule has 41 heavy (non-hydrogen) atoms. The predicted octanol–water partition coefficient (Wildman–Crippen LogP) is 6.66. The van der Waals surface area contributed by atoms with Crippen molar-refractivity contribution in [3.63, 3.8) is 0 Å². The molecule has 4 atom stereocenters. The number of carbonyl (C=O) groups is 3. The Labute approximate surface area is 243 Å². The smallest absolute Gasteiger partial charge is 0.308 e. The zero-order valence-corrected chi connectivity index (χ0v) is 25.9. The fourth-order valence-corrected chi connectivity index (χ4v) is 6.94. The van der Waals surface area contributed by atoms with E-state index in [4.69, 9.17) is 23.7 Å². The molecule has 8 heteroatoms. The maximum absolute atomic E-state index is 11.9. The van der Waals surface area contributed by atoms with Crippen molar-refractivity contribution in [3.8, 4) is 11.5 Å². The molecule has 0 amide bonds. The molecule has 1 aromatic rings. The van der Waals surface area contributed by atoms with Gasteiger partial charge in [0.15, 0.2) is 0 Å². The molecule has 8 nitrogen and oxygen atoms in total. The number of benzene rings is 1. The summed E-state index contributed by atoms with van der Waals surface area (Å²) in [4.78, 5) is 35.3. The average molecular weight is 569 g/mol. The maximum atomic E-state index is 11.9. The van der Waals surface area contributed by atoms with Gasteiger partial charge in [-0.15, -0.1) is 0 Å². The van der Waals surface area contributed by atoms with Gasteiger partial charge in [-0.3, -0.25) is 14.4 Å². The van der Waals surface area contributed by atoms with E-state index in [2.05, 4.69) is 26.0 Å². The Morgan fingerprint density at radius 1 is 0.976 bits per heavy atom. The lowest BCUT2D eigenvalue weighted by atomic mass is 9.60. The highest BCUT2D eigenvalue weighted by Gasteiger charge is 2.70. The lowest BCUT2D eigenvalue weighted by molar-refractivity contribution is -0.309. The zero-order valence-electron chi connectivity index (χ0n) is 25.9. The van der Waals surface area contributed by atoms with Gasteiger partial charge in [-0.05, 0) is 70.7 Å². The largest absolute Gasteiger partial charge is 0.466 e. The first-order valence-corrected chi connectivity index (χ1v) is 14.4. The van der Waals surface area contributed by atoms with Gasteiger partial charge in [-0.1, -0.05) is 31.9 Å². The Hall–Kier alpha value is -3.13. The highest BCUT2D eigenvalue weighted by Crippen LogP contribution is 2.67. The summed E-state index contributed by atoms with van der Waals surface area (Å²) in [5, 5.41) is 0. The van der Waals surface area contributed by atoms with Crippen molar-refractivity contribution in [2.45, 2.75) is 118 Å². The second kappa shape index (κ2) is 10.9. The second-order valence-corrected chi connectivity index (χ2v) is 12.9. The van der Waals surface area contributed by atoms with Crippen LogP contribution in [0.2, 0.25) is 0 Å². The number of allylic oxidation sites excluding steroid dienone is 3. The number of esters is 3. The Kier molecular flexibility index (Phi) is 8.22. The number of carbonyl (C=O) groups excluding carboxylic acids is 3. The molecular formula is C33H44O8. The number of ether oxygens (including phenoxy) is 5. The van der Waals surface area contributed by atoms with Gasteiger partial charge in [0.2, 0.25) is 5.79 Å². The van der Waals surface area contributed by atoms with Crippen molar-refractivity contribution in [1.29, 1.82) is 0 Å². The fraction of sp³-hybridized carbons (Fsp3) is 0.606. The van der Waals surface area contributed by atoms with Crippen LogP contribution in [0.1, 0.15) is 98.6 Å². The summed E-state index contributed by atoms with van der Waals surface area (Å²) in [5.74, 6) is -0.358. The highest BCUT2D eigenvalue weighted by atomic mass is 16.7. The fourth-order valence-electron chi connectivity index (χ4n) is 6.94. The van der Waals surface area contributed by atoms with Crippen molar-refractivity contribution in [2.75, 3.05) is 0 Å². The molecule has 0 aromatic heterocycles. The Bertz CT molecular complexity index is 1310. The monoisotopic (exact) mass is 568 g/mol. The topological polar surface area (TPSA) is 97.4 Å². The van der Waals surface area contributed by atoms with E-state index in [-0.39, 0.29) is 16.8 Å². The van der Waals surface area contributed by atoms with E-state index in [1.807, 2.05) is 27.7 Å². The van der Waals surface area contributed by atoms with E-state index in [0.717, 1.165) is 36.2 Å². The van der Waals surface area contributed by atoms with E-state index in [9.17, 15) is 14.4 Å². The lowest BCUT2D eigenvalue weighted by Gasteiger charge is -2.54. The van der Waals surface area contributed by atoms with Crippen LogP contribution in [0.25, 0.3) is 0 Å². The molecule has 1 aliphatic carbocycles. The van der Waals surface area contributed by atoms with Gasteiger partial charge >= 0.3 is 17.9 Å². The third-order valence-corrected chi connectivity index (χ3v) is 9.17. The standard InChI is InChI=1S/C33H44O8/c1-20(11-12-25-17-26(37-22(3)34)16-21(2)29(25)39-24(5)36)15-27-18-31(8)13-10-14-32(31,9)33(40-27)19-28(38-23(4)35)30(6,7)41-33/h11,16-18,28H,10,12-15,19H2,1-9H3/b20-11+/t28-,31-,32-,33?/m1/s1. The van der Waals surface area contributed by atoms with Crippen molar-refractivity contribution in [2.24, 2.45) is 10.8 Å². The maximum Gasteiger partial charge on any atom is 0.308 e. The summed E-state index contributed by atoms with van der Waals surface area (Å²) < 4.78 is 30.2. The second-order valence-electron chi connectivity index (χ2n) is 12.9. The van der Waals surface area contributed by atoms with Crippen LogP contribution < -0.4 is 9.47 Å². The molecule has 224 valence electrons. The molecule has 2 aliphatic heterocycles. The van der Waals surface area contributed by atoms with Crippen LogP contribution in [0.5, 0.6) is 11.5 Å². The summed E-state index contributed by atoms with van der Waals surface area (Å²) in [6, 6.07) is 3.42. The normalized spacial score (nSPS) is 30.3. The number of rotatable bonds is 7. The van der Waals surface area contributed by atoms with E-state index in [0.29, 0.717) is 36.3 Å². The van der Waals surface area contributed by atoms with E-state index in [1.165, 1.54) is 20.8 Å². The lowest BCUT2D eigenvalue weighted by Crippen LogP contribution is -2.57. The van der Waals surface area contributed by atoms with E-state index >= 15 is 0 Å². The molecule has 2 heterocycles. The molecule has 1 unspecified atom stereocenters. The molecule has 1 saturated carbocycles. The molecule has 3 aliphatic rings. The Morgan fingerprint density at radius 2 is 1.66 bits per heavy atom. The van der Waals surface area contributed by atoms with Crippen LogP contribution in [0.15, 0.2) is 35.6 Å². The van der Waals surface area contributed by atoms with Gasteiger partial charge in [0.05, 0.1) is 6.42 Å². The van der Waals surface area contributed by atoms with Crippen molar-refractivity contribution >= 4 is 17.9 Å². The summed E-state index contributed by atoms with van der Waals surface area (Å²) in [5.41, 5.74) is 1.41. The number of hydrogen-bond acceptors (Lipinski definition) is 8. The van der Waals surface area contributed by atoms with Gasteiger partial charge in [0.1, 0.15) is 29.0 Å². The van der Waals surface area contributed by atoms with Gasteiger partial charge in [-0.2, -0.15) is 0 Å². The van der Waals surface area contributed by atoms with Crippen LogP contribution in [-0.2, 0) is 35.0 Å². The number of hydrogen-bond donors (Lipinski definition) is 0. The minimum absolute atomic E-state index is 0.139. The molecule has 1 aromatic carbocycles. The minimum atomic E-state index is -0.913. The molecule has 2 fully saturated rings. The number of fused-ring (bicyclic) bond motifs is 2. The zero-order chi connectivity index (χ0) is 30.4. The molecule has 0 bridgehead atoms. The van der Waals surface area contributed by atoms with Crippen LogP contribution in [0, 0.1) is 17.8 Å². The summed E-state index contributed by atoms with van der Waals surface area (Å²) in [7, 11) is 0. The highest BCUT2D eigenvalue weighted by molar-refractivity contribution is 5.72. The molecule has 1 spiro atoms. The first-order chi connectivity index (χ1) is 19.0. The van der Waals surface area contributed by atoms with E-state index < -0.39 is 29.4 Å². The SMILES string of the molecule is CC(=O)Oc1cc(C)c(OC(C)=O)c(C/C=C(\C)CC2=C[C@@]3(C)CCC[C@@]3(C)C3(C[C@@H](OC(C)=O)C(C)(C)O3)O2)c1. The molecule has 4 rings (SSSR count). The number of aryl methyl sites for hydroxylation is 1. The summed E-state index contributed by atoms with van der Waals surface area (Å²) >= 11 is 0. The van der Waals surface area contributed by atoms with Crippen LogP contribution in [0.3, 0.4) is 0 Å². The Morgan fingerprint density at radius 3 is 2.29 bits per heavy atom. The van der Waals surface area contributed by atoms with E-state index in [1.54, 1.807) is 12.1 Å². The van der Waals surface area contributed by atoms with Gasteiger partial charge in [-0.25, -0.2) is 0 Å². The summed E-state index contributed by atoms with van der Waals surface area (Å²) in [6.45, 7) is 16.5. The molecule has 0 N–H and O–H groups in total. The van der Waals surface area contributed by atoms with Crippen molar-refractivity contribution in [3.05, 3.63) is 46.7 Å². The molecule has 1 saturated heterocycles. The molecule has 0 radical (unpaired) electrons. The van der Waals surface area contributed by atoms with Gasteiger partial charge < -0.3 is 23.7 Å². The predicted molar refractivity (Wildman–Crippen MR) is 153 cm³/mol. The van der Waals surface area contributed by atoms with Crippen LogP contribution in [0.4, 0.5) is 0 Å². The van der Waals surface area contributed by atoms with Crippen molar-refractivity contribution in [1.82, 2.24) is 0 Å². The van der Waals surface area contributed by atoms with Crippen LogP contribution in [-0.4, -0.2) is 35.4 Å². The quantitative estimate of drug-likeness (QED) is 0.205. The third kappa shape index (κ3) is 5.94. The third-order valence-electron chi connectivity index (χ3n) is 9.17. The Balaban J connectivity index is 1.62. The van der Waals surface area contributed by atoms with Crippen LogP contribution >= 0.6 is 0 Å². The van der Waals surface area contributed by atoms with Crippen molar-refractivity contribution < 1.29 is 38.1 Å². The average Bonchev–Trinajstić information content (AvgIpc) is 3.26. The van der Waals surface area contributed by atoms with Gasteiger partial charge in [0, 0.05) is 43.6 Å². The molecular weight excluding hydrogens is 524 g/mol. The first kappa shape index (κ1) is 30.8. The first-order valence-electron chi connectivity index (χ1n) is 14.4. The summed E-state index contributed by atoms with van der Waals surface area (Å²) in [6.07, 6.45) is 8.49. The van der Waals surface area contributed by atoms with Gasteiger partial charge in [0.25, 0.3) is 0 Å².